The Kier molecular flexibility index (Phi) is 5.32. The molecule has 3 fully saturated rings. The zero-order valence-electron chi connectivity index (χ0n) is 12.1. The van der Waals surface area contributed by atoms with E-state index in [4.69, 9.17) is 0 Å². The monoisotopic (exact) mass is 342 g/mol. The molecule has 2 aromatic rings. The largest absolute Gasteiger partial charge is 0.346 e. The molecule has 5 nitrogen and oxygen atoms in total. The molecule has 0 saturated carbocycles. The molecule has 1 unspecified atom stereocenters. The number of carbonyl (C=O) groups is 1. The standard InChI is InChI=1S/C15H18N4O.2ClH/c20-15(13-10-19-6-2-1-3-14(19)16-13)17-12-9-18-7-4-11(12)5-8-18;;/h1-3,6,10-12H,4-5,7-9H2,(H,17,20);2*1H. The summed E-state index contributed by atoms with van der Waals surface area (Å²) in [5.41, 5.74) is 1.32. The van der Waals surface area contributed by atoms with E-state index in [1.165, 1.54) is 25.9 Å². The number of aromatic nitrogens is 2. The van der Waals surface area contributed by atoms with Crippen LogP contribution in [0.25, 0.3) is 5.65 Å². The van der Waals surface area contributed by atoms with Gasteiger partial charge in [-0.05, 0) is 44.0 Å². The predicted octanol–water partition coefficient (Wildman–Crippen LogP) is 2.00. The van der Waals surface area contributed by atoms with Gasteiger partial charge in [0.15, 0.2) is 0 Å². The van der Waals surface area contributed by atoms with Gasteiger partial charge in [-0.3, -0.25) is 4.79 Å². The molecule has 3 saturated heterocycles. The molecule has 3 aliphatic heterocycles. The van der Waals surface area contributed by atoms with Crippen LogP contribution in [0.3, 0.4) is 0 Å². The fraction of sp³-hybridized carbons (Fsp3) is 0.467. The average molecular weight is 343 g/mol. The molecule has 1 amide bonds. The number of fused-ring (bicyclic) bond motifs is 4. The van der Waals surface area contributed by atoms with Crippen molar-refractivity contribution in [1.82, 2.24) is 19.6 Å². The van der Waals surface area contributed by atoms with Gasteiger partial charge in [0, 0.05) is 25.0 Å². The van der Waals surface area contributed by atoms with Crippen molar-refractivity contribution in [2.24, 2.45) is 5.92 Å². The summed E-state index contributed by atoms with van der Waals surface area (Å²) < 4.78 is 1.88. The second-order valence-electron chi connectivity index (χ2n) is 5.81. The molecular formula is C15H20Cl2N4O. The van der Waals surface area contributed by atoms with E-state index in [1.54, 1.807) is 6.20 Å². The van der Waals surface area contributed by atoms with E-state index in [9.17, 15) is 4.79 Å². The van der Waals surface area contributed by atoms with Crippen LogP contribution >= 0.6 is 24.8 Å². The van der Waals surface area contributed by atoms with Crippen molar-refractivity contribution in [3.05, 3.63) is 36.3 Å². The molecule has 2 bridgehead atoms. The van der Waals surface area contributed by atoms with Crippen LogP contribution in [0.15, 0.2) is 30.6 Å². The number of carbonyl (C=O) groups excluding carboxylic acids is 1. The third-order valence-electron chi connectivity index (χ3n) is 4.57. The lowest BCUT2D eigenvalue weighted by Gasteiger charge is -2.44. The number of hydrogen-bond donors (Lipinski definition) is 1. The minimum atomic E-state index is -0.0487. The first-order chi connectivity index (χ1) is 9.79. The van der Waals surface area contributed by atoms with Crippen LogP contribution < -0.4 is 5.32 Å². The Hall–Kier alpha value is -1.30. The summed E-state index contributed by atoms with van der Waals surface area (Å²) >= 11 is 0. The highest BCUT2D eigenvalue weighted by atomic mass is 35.5. The first kappa shape index (κ1) is 17.1. The van der Waals surface area contributed by atoms with Gasteiger partial charge in [-0.2, -0.15) is 0 Å². The van der Waals surface area contributed by atoms with Crippen LogP contribution in [-0.2, 0) is 0 Å². The molecule has 2 aromatic heterocycles. The number of hydrogen-bond acceptors (Lipinski definition) is 3. The van der Waals surface area contributed by atoms with E-state index in [-0.39, 0.29) is 36.8 Å². The fourth-order valence-corrected chi connectivity index (χ4v) is 3.42. The van der Waals surface area contributed by atoms with Crippen LogP contribution in [0.4, 0.5) is 0 Å². The van der Waals surface area contributed by atoms with E-state index >= 15 is 0 Å². The number of amides is 1. The number of halogens is 2. The smallest absolute Gasteiger partial charge is 0.271 e. The minimum absolute atomic E-state index is 0. The second-order valence-corrected chi connectivity index (χ2v) is 5.81. The van der Waals surface area contributed by atoms with Crippen LogP contribution in [-0.4, -0.2) is 45.9 Å². The van der Waals surface area contributed by atoms with E-state index in [0.717, 1.165) is 12.2 Å². The highest BCUT2D eigenvalue weighted by molar-refractivity contribution is 5.93. The molecule has 3 aliphatic rings. The summed E-state index contributed by atoms with van der Waals surface area (Å²) in [4.78, 5) is 19.2. The topological polar surface area (TPSA) is 49.6 Å². The number of imidazole rings is 1. The van der Waals surface area contributed by atoms with Gasteiger partial charge in [-0.1, -0.05) is 6.07 Å². The number of rotatable bonds is 2. The molecule has 1 N–H and O–H groups in total. The third kappa shape index (κ3) is 3.07. The molecule has 1 atom stereocenters. The molecule has 0 aromatic carbocycles. The van der Waals surface area contributed by atoms with Crippen molar-refractivity contribution in [1.29, 1.82) is 0 Å². The van der Waals surface area contributed by atoms with Crippen LogP contribution in [0.5, 0.6) is 0 Å². The number of piperidine rings is 3. The van der Waals surface area contributed by atoms with Gasteiger partial charge in [0.25, 0.3) is 5.91 Å². The molecule has 0 aliphatic carbocycles. The molecule has 120 valence electrons. The zero-order valence-corrected chi connectivity index (χ0v) is 13.8. The van der Waals surface area contributed by atoms with Crippen LogP contribution in [0, 0.1) is 5.92 Å². The van der Waals surface area contributed by atoms with Crippen molar-refractivity contribution in [3.8, 4) is 0 Å². The van der Waals surface area contributed by atoms with Gasteiger partial charge in [0.2, 0.25) is 0 Å². The third-order valence-corrected chi connectivity index (χ3v) is 4.57. The van der Waals surface area contributed by atoms with E-state index in [0.29, 0.717) is 11.6 Å². The van der Waals surface area contributed by atoms with Gasteiger partial charge in [0.1, 0.15) is 11.3 Å². The summed E-state index contributed by atoms with van der Waals surface area (Å²) in [6.07, 6.45) is 6.12. The minimum Gasteiger partial charge on any atom is -0.346 e. The van der Waals surface area contributed by atoms with Crippen molar-refractivity contribution in [2.45, 2.75) is 18.9 Å². The molecule has 5 heterocycles. The normalized spacial score (nSPS) is 26.1. The van der Waals surface area contributed by atoms with Crippen LogP contribution in [0.2, 0.25) is 0 Å². The Morgan fingerprint density at radius 1 is 1.23 bits per heavy atom. The quantitative estimate of drug-likeness (QED) is 0.908. The Labute approximate surface area is 141 Å². The maximum absolute atomic E-state index is 12.4. The highest BCUT2D eigenvalue weighted by Gasteiger charge is 2.35. The number of nitrogens with zero attached hydrogens (tertiary/aromatic N) is 3. The maximum Gasteiger partial charge on any atom is 0.271 e. The Bertz CT molecular complexity index is 619. The molecule has 0 radical (unpaired) electrons. The first-order valence-corrected chi connectivity index (χ1v) is 7.26. The van der Waals surface area contributed by atoms with Crippen LogP contribution in [0.1, 0.15) is 23.3 Å². The van der Waals surface area contributed by atoms with Gasteiger partial charge in [-0.25, -0.2) is 4.98 Å². The zero-order chi connectivity index (χ0) is 13.5. The van der Waals surface area contributed by atoms with Crippen molar-refractivity contribution >= 4 is 36.4 Å². The molecule has 22 heavy (non-hydrogen) atoms. The average Bonchev–Trinajstić information content (AvgIpc) is 2.92. The first-order valence-electron chi connectivity index (χ1n) is 7.26. The molecular weight excluding hydrogens is 323 g/mol. The Morgan fingerprint density at radius 2 is 2.00 bits per heavy atom. The fourth-order valence-electron chi connectivity index (χ4n) is 3.42. The van der Waals surface area contributed by atoms with E-state index in [2.05, 4.69) is 15.2 Å². The number of pyridine rings is 1. The summed E-state index contributed by atoms with van der Waals surface area (Å²) in [7, 11) is 0. The van der Waals surface area contributed by atoms with Gasteiger partial charge >= 0.3 is 0 Å². The lowest BCUT2D eigenvalue weighted by atomic mass is 9.84. The number of nitrogens with one attached hydrogen (secondary N) is 1. The lowest BCUT2D eigenvalue weighted by Crippen LogP contribution is -2.57. The molecule has 5 rings (SSSR count). The lowest BCUT2D eigenvalue weighted by molar-refractivity contribution is 0.0618. The Balaban J connectivity index is 0.000000882. The highest BCUT2D eigenvalue weighted by Crippen LogP contribution is 2.27. The van der Waals surface area contributed by atoms with Crippen molar-refractivity contribution < 1.29 is 4.79 Å². The Morgan fingerprint density at radius 3 is 2.64 bits per heavy atom. The van der Waals surface area contributed by atoms with Crippen molar-refractivity contribution in [2.75, 3.05) is 19.6 Å². The SMILES string of the molecule is Cl.Cl.O=C(NC1CN2CCC1CC2)c1cn2ccccc2n1. The summed E-state index contributed by atoms with van der Waals surface area (Å²) in [6.45, 7) is 3.36. The molecule has 7 heteroatoms. The van der Waals surface area contributed by atoms with Gasteiger partial charge in [-0.15, -0.1) is 24.8 Å². The summed E-state index contributed by atoms with van der Waals surface area (Å²) in [5, 5.41) is 3.17. The summed E-state index contributed by atoms with van der Waals surface area (Å²) in [6, 6.07) is 6.06. The predicted molar refractivity (Wildman–Crippen MR) is 90.1 cm³/mol. The van der Waals surface area contributed by atoms with Crippen molar-refractivity contribution in [3.63, 3.8) is 0 Å². The van der Waals surface area contributed by atoms with E-state index in [1.807, 2.05) is 28.8 Å². The maximum atomic E-state index is 12.4. The van der Waals surface area contributed by atoms with Gasteiger partial charge < -0.3 is 14.6 Å². The van der Waals surface area contributed by atoms with Gasteiger partial charge in [0.05, 0.1) is 0 Å². The summed E-state index contributed by atoms with van der Waals surface area (Å²) in [5.74, 6) is 0.591. The molecule has 0 spiro atoms. The second kappa shape index (κ2) is 6.86. The van der Waals surface area contributed by atoms with E-state index < -0.39 is 0 Å².